The number of halogens is 1. The van der Waals surface area contributed by atoms with Crippen LogP contribution in [0.2, 0.25) is 0 Å². The van der Waals surface area contributed by atoms with E-state index in [0.29, 0.717) is 35.4 Å². The van der Waals surface area contributed by atoms with Gasteiger partial charge in [-0.05, 0) is 48.9 Å². The van der Waals surface area contributed by atoms with Gasteiger partial charge in [0.15, 0.2) is 11.0 Å². The minimum atomic E-state index is -3.76. The van der Waals surface area contributed by atoms with Crippen molar-refractivity contribution in [2.24, 2.45) is 0 Å². The van der Waals surface area contributed by atoms with Crippen LogP contribution in [0.15, 0.2) is 82.8 Å². The number of sulfonamides is 1. The molecule has 0 bridgehead atoms. The van der Waals surface area contributed by atoms with Gasteiger partial charge in [0.25, 0.3) is 0 Å². The summed E-state index contributed by atoms with van der Waals surface area (Å²) in [6, 6.07) is 19.0. The quantitative estimate of drug-likeness (QED) is 0.191. The van der Waals surface area contributed by atoms with Gasteiger partial charge < -0.3 is 14.8 Å². The first-order valence-electron chi connectivity index (χ1n) is 13.8. The lowest BCUT2D eigenvalue weighted by Gasteiger charge is -2.26. The maximum absolute atomic E-state index is 13.6. The Labute approximate surface area is 258 Å². The van der Waals surface area contributed by atoms with Crippen molar-refractivity contribution < 1.29 is 31.9 Å². The van der Waals surface area contributed by atoms with Crippen LogP contribution < -0.4 is 5.32 Å². The van der Waals surface area contributed by atoms with Crippen LogP contribution in [0.5, 0.6) is 0 Å². The summed E-state index contributed by atoms with van der Waals surface area (Å²) in [7, 11) is -3.76. The van der Waals surface area contributed by atoms with Crippen LogP contribution in [-0.4, -0.2) is 78.0 Å². The molecule has 1 saturated heterocycles. The molecule has 1 aromatic heterocycles. The number of hydrogen-bond acceptors (Lipinski definition) is 9. The van der Waals surface area contributed by atoms with Crippen molar-refractivity contribution in [2.45, 2.75) is 23.5 Å². The third kappa shape index (κ3) is 7.33. The Morgan fingerprint density at radius 2 is 1.77 bits per heavy atom. The summed E-state index contributed by atoms with van der Waals surface area (Å²) in [4.78, 5) is 25.4. The van der Waals surface area contributed by atoms with Crippen molar-refractivity contribution >= 4 is 39.3 Å². The van der Waals surface area contributed by atoms with Gasteiger partial charge in [-0.25, -0.2) is 17.6 Å². The fourth-order valence-electron chi connectivity index (χ4n) is 4.55. The molecule has 230 valence electrons. The lowest BCUT2D eigenvalue weighted by molar-refractivity contribution is -0.113. The number of aromatic nitrogens is 3. The number of carbonyl (C=O) groups excluding carboxylic acids is 2. The number of amides is 1. The van der Waals surface area contributed by atoms with Crippen molar-refractivity contribution in [3.8, 4) is 11.4 Å². The number of ether oxygens (including phenoxy) is 2. The molecule has 0 spiro atoms. The number of anilines is 1. The average molecular weight is 640 g/mol. The normalized spacial score (nSPS) is 13.9. The van der Waals surface area contributed by atoms with Gasteiger partial charge in [-0.2, -0.15) is 4.31 Å². The van der Waals surface area contributed by atoms with Gasteiger partial charge in [0, 0.05) is 18.7 Å². The summed E-state index contributed by atoms with van der Waals surface area (Å²) in [6.45, 7) is 3.32. The molecule has 0 saturated carbocycles. The van der Waals surface area contributed by atoms with Crippen molar-refractivity contribution in [2.75, 3.05) is 44.0 Å². The van der Waals surface area contributed by atoms with Crippen LogP contribution in [0, 0.1) is 5.82 Å². The maximum Gasteiger partial charge on any atom is 0.340 e. The van der Waals surface area contributed by atoms with Gasteiger partial charge in [-0.1, -0.05) is 48.2 Å². The highest BCUT2D eigenvalue weighted by molar-refractivity contribution is 7.99. The van der Waals surface area contributed by atoms with E-state index in [4.69, 9.17) is 9.47 Å². The lowest BCUT2D eigenvalue weighted by Crippen LogP contribution is -2.40. The Bertz CT molecular complexity index is 1740. The van der Waals surface area contributed by atoms with Crippen LogP contribution in [0.4, 0.5) is 10.1 Å². The molecule has 11 nitrogen and oxygen atoms in total. The van der Waals surface area contributed by atoms with E-state index < -0.39 is 16.0 Å². The van der Waals surface area contributed by atoms with Crippen molar-refractivity contribution in [3.05, 3.63) is 89.7 Å². The Morgan fingerprint density at radius 1 is 1.02 bits per heavy atom. The molecule has 1 aliphatic rings. The third-order valence-corrected chi connectivity index (χ3v) is 9.56. The summed E-state index contributed by atoms with van der Waals surface area (Å²) in [5.74, 6) is -0.998. The molecule has 0 aliphatic carbocycles. The fraction of sp³-hybridized carbons (Fsp3) is 0.267. The summed E-state index contributed by atoms with van der Waals surface area (Å²) in [5, 5.41) is 11.8. The van der Waals surface area contributed by atoms with Crippen LogP contribution in [-0.2, 0) is 30.8 Å². The summed E-state index contributed by atoms with van der Waals surface area (Å²) < 4.78 is 53.8. The molecule has 0 unspecified atom stereocenters. The zero-order valence-electron chi connectivity index (χ0n) is 23.8. The summed E-state index contributed by atoms with van der Waals surface area (Å²) in [6.07, 6.45) is 0. The number of nitrogens with zero attached hydrogens (tertiary/aromatic N) is 4. The molecule has 1 aliphatic heterocycles. The molecule has 0 atom stereocenters. The number of para-hydroxylation sites is 1. The number of nitrogens with one attached hydrogen (secondary N) is 1. The summed E-state index contributed by atoms with van der Waals surface area (Å²) >= 11 is 1.12. The number of thioether (sulfide) groups is 1. The van der Waals surface area contributed by atoms with Crippen molar-refractivity contribution in [1.82, 2.24) is 19.1 Å². The average Bonchev–Trinajstić information content (AvgIpc) is 3.44. The van der Waals surface area contributed by atoms with E-state index in [1.54, 1.807) is 66.1 Å². The van der Waals surface area contributed by atoms with E-state index in [2.05, 4.69) is 15.5 Å². The fourth-order valence-corrected chi connectivity index (χ4v) is 6.74. The van der Waals surface area contributed by atoms with Crippen molar-refractivity contribution in [3.63, 3.8) is 0 Å². The monoisotopic (exact) mass is 639 g/mol. The first-order valence-corrected chi connectivity index (χ1v) is 16.2. The van der Waals surface area contributed by atoms with E-state index in [1.807, 2.05) is 0 Å². The predicted octanol–water partition coefficient (Wildman–Crippen LogP) is 4.06. The second kappa shape index (κ2) is 14.1. The molecule has 5 rings (SSSR count). The molecular weight excluding hydrogens is 609 g/mol. The molecule has 1 amide bonds. The molecule has 1 fully saturated rings. The Kier molecular flexibility index (Phi) is 10.0. The van der Waals surface area contributed by atoms with E-state index in [9.17, 15) is 22.4 Å². The molecule has 44 heavy (non-hydrogen) atoms. The van der Waals surface area contributed by atoms with Gasteiger partial charge >= 0.3 is 5.97 Å². The number of benzene rings is 3. The van der Waals surface area contributed by atoms with E-state index >= 15 is 0 Å². The first kappa shape index (κ1) is 31.3. The second-order valence-corrected chi connectivity index (χ2v) is 12.5. The van der Waals surface area contributed by atoms with Crippen LogP contribution in [0.25, 0.3) is 11.4 Å². The van der Waals surface area contributed by atoms with Gasteiger partial charge in [0.1, 0.15) is 5.82 Å². The van der Waals surface area contributed by atoms with Gasteiger partial charge in [0.05, 0.1) is 48.3 Å². The van der Waals surface area contributed by atoms with Crippen LogP contribution in [0.1, 0.15) is 22.8 Å². The standard InChI is InChI=1S/C30H30FN5O6S2/c1-2-42-29(38)25-8-3-4-9-26(25)32-27(37)20-43-30-34-33-28(36(30)19-21-10-12-23(31)13-11-21)22-6-5-7-24(18-22)44(39,40)35-14-16-41-17-15-35/h3-13,18H,2,14-17,19-20H2,1H3,(H,32,37). The minimum absolute atomic E-state index is 0.0653. The van der Waals surface area contributed by atoms with Gasteiger partial charge in [0.2, 0.25) is 15.9 Å². The van der Waals surface area contributed by atoms with Crippen LogP contribution in [0.3, 0.4) is 0 Å². The number of esters is 1. The smallest absolute Gasteiger partial charge is 0.340 e. The maximum atomic E-state index is 13.6. The Balaban J connectivity index is 1.41. The topological polar surface area (TPSA) is 133 Å². The molecule has 3 aromatic carbocycles. The summed E-state index contributed by atoms with van der Waals surface area (Å²) in [5.41, 5.74) is 1.82. The van der Waals surface area contributed by atoms with Crippen LogP contribution >= 0.6 is 11.8 Å². The van der Waals surface area contributed by atoms with E-state index in [1.165, 1.54) is 22.5 Å². The third-order valence-electron chi connectivity index (χ3n) is 6.70. The SMILES string of the molecule is CCOC(=O)c1ccccc1NC(=O)CSc1nnc(-c2cccc(S(=O)(=O)N3CCOCC3)c2)n1Cc1ccc(F)cc1. The zero-order valence-corrected chi connectivity index (χ0v) is 25.4. The Morgan fingerprint density at radius 3 is 2.52 bits per heavy atom. The second-order valence-electron chi connectivity index (χ2n) is 9.67. The lowest BCUT2D eigenvalue weighted by atomic mass is 10.2. The highest BCUT2D eigenvalue weighted by Crippen LogP contribution is 2.28. The first-order chi connectivity index (χ1) is 21.3. The number of morpholine rings is 1. The van der Waals surface area contributed by atoms with E-state index in [0.717, 1.165) is 17.3 Å². The molecular formula is C30H30FN5O6S2. The molecule has 4 aromatic rings. The van der Waals surface area contributed by atoms with E-state index in [-0.39, 0.29) is 54.2 Å². The van der Waals surface area contributed by atoms with Crippen molar-refractivity contribution in [1.29, 1.82) is 0 Å². The molecule has 0 radical (unpaired) electrons. The largest absolute Gasteiger partial charge is 0.462 e. The highest BCUT2D eigenvalue weighted by atomic mass is 32.2. The highest BCUT2D eigenvalue weighted by Gasteiger charge is 2.27. The Hall–Kier alpha value is -4.11. The molecule has 14 heteroatoms. The van der Waals surface area contributed by atoms with Gasteiger partial charge in [-0.15, -0.1) is 10.2 Å². The zero-order chi connectivity index (χ0) is 31.1. The number of hydrogen-bond donors (Lipinski definition) is 1. The predicted molar refractivity (Wildman–Crippen MR) is 162 cm³/mol. The number of rotatable bonds is 11. The number of carbonyl (C=O) groups is 2. The molecule has 1 N–H and O–H groups in total. The minimum Gasteiger partial charge on any atom is -0.462 e. The molecule has 2 heterocycles. The van der Waals surface area contributed by atoms with Gasteiger partial charge in [-0.3, -0.25) is 9.36 Å².